The lowest BCUT2D eigenvalue weighted by molar-refractivity contribution is 0.0848. The average molecular weight is 488 g/mol. The molecule has 0 unspecified atom stereocenters. The Morgan fingerprint density at radius 3 is 2.67 bits per heavy atom. The lowest BCUT2D eigenvalue weighted by Gasteiger charge is -2.16. The number of pyridine rings is 2. The molecule has 3 heterocycles. The molecule has 36 heavy (non-hydrogen) atoms. The maximum Gasteiger partial charge on any atom is 0.506 e. The normalized spacial score (nSPS) is 12.4. The number of nitrogens with two attached hydrogens (primary N) is 1. The van der Waals surface area contributed by atoms with Crippen molar-refractivity contribution >= 4 is 27.8 Å². The number of ether oxygens (including phenoxy) is 2. The van der Waals surface area contributed by atoms with E-state index in [1.165, 1.54) is 5.56 Å². The molecule has 0 saturated carbocycles. The Hall–Kier alpha value is -3.75. The third kappa shape index (κ3) is 4.12. The molecule has 0 aliphatic carbocycles. The van der Waals surface area contributed by atoms with E-state index in [9.17, 15) is 9.59 Å². The van der Waals surface area contributed by atoms with E-state index in [1.807, 2.05) is 18.2 Å². The van der Waals surface area contributed by atoms with E-state index in [0.29, 0.717) is 30.2 Å². The maximum absolute atomic E-state index is 13.4. The van der Waals surface area contributed by atoms with Gasteiger partial charge in [0.05, 0.1) is 42.4 Å². The predicted octanol–water partition coefficient (Wildman–Crippen LogP) is 4.71. The van der Waals surface area contributed by atoms with Crippen molar-refractivity contribution in [3.8, 4) is 11.4 Å². The number of aryl methyl sites for hydroxylation is 1. The molecule has 0 amide bonds. The Morgan fingerprint density at radius 2 is 1.94 bits per heavy atom. The highest BCUT2D eigenvalue weighted by Gasteiger charge is 2.28. The molecule has 0 spiro atoms. The fourth-order valence-electron chi connectivity index (χ4n) is 5.16. The predicted molar refractivity (Wildman–Crippen MR) is 138 cm³/mol. The Balaban J connectivity index is 1.75. The van der Waals surface area contributed by atoms with Gasteiger partial charge in [0.25, 0.3) is 5.56 Å². The Kier molecular flexibility index (Phi) is 6.24. The van der Waals surface area contributed by atoms with Gasteiger partial charge < -0.3 is 24.9 Å². The van der Waals surface area contributed by atoms with Gasteiger partial charge in [0.2, 0.25) is 0 Å². The van der Waals surface area contributed by atoms with Crippen LogP contribution in [0.2, 0.25) is 0 Å². The van der Waals surface area contributed by atoms with E-state index in [4.69, 9.17) is 25.3 Å². The van der Waals surface area contributed by atoms with Crippen molar-refractivity contribution in [3.05, 3.63) is 74.6 Å². The van der Waals surface area contributed by atoms with Crippen LogP contribution in [0.5, 0.6) is 0 Å². The summed E-state index contributed by atoms with van der Waals surface area (Å²) in [6.07, 6.45) is -0.571. The van der Waals surface area contributed by atoms with Crippen LogP contribution in [0.25, 0.3) is 33.1 Å². The summed E-state index contributed by atoms with van der Waals surface area (Å²) in [6.45, 7) is 6.88. The van der Waals surface area contributed by atoms with Crippen LogP contribution in [-0.2, 0) is 35.7 Å². The van der Waals surface area contributed by atoms with Crippen LogP contribution in [0.4, 0.5) is 4.79 Å². The summed E-state index contributed by atoms with van der Waals surface area (Å²) in [6, 6.07) is 12.3. The van der Waals surface area contributed by atoms with Crippen molar-refractivity contribution in [1.82, 2.24) is 9.55 Å². The molecule has 0 atom stereocenters. The van der Waals surface area contributed by atoms with Gasteiger partial charge in [-0.1, -0.05) is 32.0 Å². The van der Waals surface area contributed by atoms with Crippen LogP contribution in [-0.4, -0.2) is 27.5 Å². The summed E-state index contributed by atoms with van der Waals surface area (Å²) in [5, 5.41) is 12.2. The second-order valence-electron chi connectivity index (χ2n) is 9.68. The number of benzene rings is 2. The molecule has 4 aromatic rings. The molecule has 0 fully saturated rings. The summed E-state index contributed by atoms with van der Waals surface area (Å²) >= 11 is 0. The van der Waals surface area contributed by atoms with Crippen molar-refractivity contribution in [2.75, 3.05) is 6.73 Å². The van der Waals surface area contributed by atoms with Gasteiger partial charge in [-0.15, -0.1) is 0 Å². The van der Waals surface area contributed by atoms with Crippen molar-refractivity contribution < 1.29 is 19.4 Å². The molecule has 3 N–H and O–H groups in total. The van der Waals surface area contributed by atoms with E-state index >= 15 is 0 Å². The zero-order chi connectivity index (χ0) is 25.6. The summed E-state index contributed by atoms with van der Waals surface area (Å²) in [4.78, 5) is 29.4. The fourth-order valence-corrected chi connectivity index (χ4v) is 5.16. The first-order valence-electron chi connectivity index (χ1n) is 12.0. The third-order valence-electron chi connectivity index (χ3n) is 6.77. The average Bonchev–Trinajstić information content (AvgIpc) is 3.20. The minimum atomic E-state index is -1.40. The van der Waals surface area contributed by atoms with Crippen LogP contribution in [0, 0.1) is 12.8 Å². The number of rotatable bonds is 7. The number of hydrogen-bond donors (Lipinski definition) is 2. The lowest BCUT2D eigenvalue weighted by Crippen LogP contribution is -2.25. The van der Waals surface area contributed by atoms with Gasteiger partial charge in [0.1, 0.15) is 6.61 Å². The first-order valence-corrected chi connectivity index (χ1v) is 12.0. The molecular weight excluding hydrogens is 458 g/mol. The van der Waals surface area contributed by atoms with Gasteiger partial charge in [-0.2, -0.15) is 0 Å². The van der Waals surface area contributed by atoms with Gasteiger partial charge in [0.15, 0.2) is 0 Å². The molecule has 1 aliphatic heterocycles. The van der Waals surface area contributed by atoms with E-state index in [-0.39, 0.29) is 18.9 Å². The van der Waals surface area contributed by atoms with Crippen LogP contribution >= 0.6 is 0 Å². The first-order chi connectivity index (χ1) is 17.3. The van der Waals surface area contributed by atoms with Gasteiger partial charge in [-0.05, 0) is 64.9 Å². The number of hydrogen-bond acceptors (Lipinski definition) is 6. The summed E-state index contributed by atoms with van der Waals surface area (Å²) in [5.41, 5.74) is 12.0. The minimum Gasteiger partial charge on any atom is -0.450 e. The Labute approximate surface area is 208 Å². The molecule has 2 aromatic carbocycles. The van der Waals surface area contributed by atoms with Gasteiger partial charge in [0, 0.05) is 10.9 Å². The maximum atomic E-state index is 13.4. The largest absolute Gasteiger partial charge is 0.506 e. The monoisotopic (exact) mass is 487 g/mol. The van der Waals surface area contributed by atoms with Crippen LogP contribution in [0.3, 0.4) is 0 Å². The molecule has 0 bridgehead atoms. The highest BCUT2D eigenvalue weighted by Crippen LogP contribution is 2.39. The van der Waals surface area contributed by atoms with Gasteiger partial charge >= 0.3 is 6.16 Å². The molecule has 8 heteroatoms. The number of carbonyl (C=O) groups is 1. The van der Waals surface area contributed by atoms with E-state index in [1.54, 1.807) is 11.5 Å². The Bertz CT molecular complexity index is 1570. The van der Waals surface area contributed by atoms with Crippen molar-refractivity contribution in [1.29, 1.82) is 0 Å². The molecule has 0 saturated heterocycles. The first kappa shape index (κ1) is 24.0. The number of carboxylic acid groups (broad SMARTS) is 1. The second kappa shape index (κ2) is 9.37. The van der Waals surface area contributed by atoms with Crippen LogP contribution in [0.15, 0.2) is 41.2 Å². The lowest BCUT2D eigenvalue weighted by atomic mass is 9.90. The molecule has 8 nitrogen and oxygen atoms in total. The van der Waals surface area contributed by atoms with E-state index in [2.05, 4.69) is 32.0 Å². The minimum absolute atomic E-state index is 0.160. The zero-order valence-corrected chi connectivity index (χ0v) is 20.6. The third-order valence-corrected chi connectivity index (χ3v) is 6.77. The fraction of sp³-hybridized carbons (Fsp3) is 0.321. The number of fused-ring (bicyclic) bond motifs is 6. The standard InChI is InChI=1S/C28H29N3O5/c1-15(2)8-20-21-11-31-24(9-16(3)22(27(31)32)13-36-28(33)34)26(21)30-23-7-6-18-5-4-17(12-35-14-29)10-19(18)25(20)23/h4-7,9-10,15H,8,11-14,29H2,1-3H3,(H,33,34). The number of nitrogens with zero attached hydrogens (tertiary/aromatic N) is 2. The highest BCUT2D eigenvalue weighted by atomic mass is 16.7. The molecule has 186 valence electrons. The Morgan fingerprint density at radius 1 is 1.17 bits per heavy atom. The van der Waals surface area contributed by atoms with Gasteiger partial charge in [-0.3, -0.25) is 4.79 Å². The van der Waals surface area contributed by atoms with Crippen LogP contribution < -0.4 is 11.3 Å². The zero-order valence-electron chi connectivity index (χ0n) is 20.6. The van der Waals surface area contributed by atoms with E-state index < -0.39 is 6.16 Å². The van der Waals surface area contributed by atoms with Crippen molar-refractivity contribution in [2.45, 2.75) is 47.0 Å². The summed E-state index contributed by atoms with van der Waals surface area (Å²) in [7, 11) is 0. The number of aromatic nitrogens is 2. The highest BCUT2D eigenvalue weighted by molar-refractivity contribution is 6.09. The molecule has 2 aromatic heterocycles. The summed E-state index contributed by atoms with van der Waals surface area (Å²) in [5.74, 6) is 0.389. The van der Waals surface area contributed by atoms with Crippen molar-refractivity contribution in [2.24, 2.45) is 11.7 Å². The molecule has 0 radical (unpaired) electrons. The SMILES string of the molecule is Cc1cc2n(c(=O)c1COC(=O)O)Cc1c-2nc2ccc3ccc(COCN)cc3c2c1CC(C)C. The molecule has 1 aliphatic rings. The smallest absolute Gasteiger partial charge is 0.450 e. The molecular formula is C28H29N3O5. The molecule has 5 rings (SSSR count). The van der Waals surface area contributed by atoms with E-state index in [0.717, 1.165) is 50.6 Å². The second-order valence-corrected chi connectivity index (χ2v) is 9.68. The quantitative estimate of drug-likeness (QED) is 0.194. The van der Waals surface area contributed by atoms with Crippen molar-refractivity contribution in [3.63, 3.8) is 0 Å². The van der Waals surface area contributed by atoms with Crippen LogP contribution in [0.1, 0.15) is 41.7 Å². The summed E-state index contributed by atoms with van der Waals surface area (Å²) < 4.78 is 11.9. The topological polar surface area (TPSA) is 117 Å². The van der Waals surface area contributed by atoms with Gasteiger partial charge in [-0.25, -0.2) is 9.78 Å².